The summed E-state index contributed by atoms with van der Waals surface area (Å²) in [5.74, 6) is 2.59. The Morgan fingerprint density at radius 2 is 1.84 bits per heavy atom. The Hall–Kier alpha value is -3.01. The summed E-state index contributed by atoms with van der Waals surface area (Å²) in [5.41, 5.74) is 1.22. The van der Waals surface area contributed by atoms with Crippen LogP contribution in [0.15, 0.2) is 29.6 Å². The van der Waals surface area contributed by atoms with Crippen LogP contribution in [0.25, 0.3) is 11.0 Å². The molecule has 0 bridgehead atoms. The van der Waals surface area contributed by atoms with Crippen LogP contribution in [0.2, 0.25) is 0 Å². The zero-order valence-electron chi connectivity index (χ0n) is 18.3. The first-order valence-electron chi connectivity index (χ1n) is 10.2. The second-order valence-corrected chi connectivity index (χ2v) is 7.91. The minimum absolute atomic E-state index is 0.212. The Labute approximate surface area is 185 Å². The van der Waals surface area contributed by atoms with Crippen molar-refractivity contribution in [2.24, 2.45) is 0 Å². The lowest BCUT2D eigenvalue weighted by Gasteiger charge is -2.10. The average Bonchev–Trinajstić information content (AvgIpc) is 3.20. The number of ether oxygens (including phenoxy) is 2. The molecule has 0 radical (unpaired) electrons. The number of carbonyl (C=O) groups excluding carboxylic acids is 1. The van der Waals surface area contributed by atoms with Gasteiger partial charge in [0.05, 0.1) is 32.3 Å². The van der Waals surface area contributed by atoms with E-state index in [2.05, 4.69) is 39.5 Å². The van der Waals surface area contributed by atoms with Crippen molar-refractivity contribution in [1.82, 2.24) is 25.1 Å². The fraction of sp³-hybridized carbons (Fsp3) is 0.429. The molecule has 0 aliphatic carbocycles. The van der Waals surface area contributed by atoms with Gasteiger partial charge in [0.1, 0.15) is 17.3 Å². The summed E-state index contributed by atoms with van der Waals surface area (Å²) >= 11 is 1.59. The highest BCUT2D eigenvalue weighted by Gasteiger charge is 2.14. The fourth-order valence-corrected chi connectivity index (χ4v) is 3.55. The lowest BCUT2D eigenvalue weighted by molar-refractivity contribution is 0.0951. The minimum atomic E-state index is -0.212. The van der Waals surface area contributed by atoms with Crippen LogP contribution in [-0.4, -0.2) is 58.7 Å². The molecule has 1 aromatic carbocycles. The van der Waals surface area contributed by atoms with Crippen LogP contribution in [0, 0.1) is 0 Å². The van der Waals surface area contributed by atoms with E-state index in [1.807, 2.05) is 0 Å². The number of amides is 1. The molecule has 1 amide bonds. The number of thioether (sulfide) groups is 1. The number of fused-ring (bicyclic) bond motifs is 1. The molecule has 10 heteroatoms. The third-order valence-corrected chi connectivity index (χ3v) is 5.24. The molecule has 2 heterocycles. The van der Waals surface area contributed by atoms with E-state index in [0.29, 0.717) is 35.3 Å². The van der Waals surface area contributed by atoms with Crippen molar-refractivity contribution in [3.63, 3.8) is 0 Å². The number of carbonyl (C=O) groups is 1. The predicted octanol–water partition coefficient (Wildman–Crippen LogP) is 3.21. The number of benzene rings is 1. The van der Waals surface area contributed by atoms with Gasteiger partial charge in [-0.15, -0.1) is 0 Å². The Kier molecular flexibility index (Phi) is 7.94. The van der Waals surface area contributed by atoms with Gasteiger partial charge in [-0.2, -0.15) is 5.10 Å². The van der Waals surface area contributed by atoms with E-state index in [4.69, 9.17) is 9.47 Å². The first-order valence-corrected chi connectivity index (χ1v) is 11.2. The van der Waals surface area contributed by atoms with E-state index < -0.39 is 0 Å². The fourth-order valence-electron chi connectivity index (χ4n) is 2.99. The highest BCUT2D eigenvalue weighted by molar-refractivity contribution is 7.99. The SMILES string of the molecule is CCCNc1nc(SCC)nc2c1cnn2CCNC(=O)c1cc(OC)cc(OC)c1. The second-order valence-electron chi connectivity index (χ2n) is 6.68. The molecule has 31 heavy (non-hydrogen) atoms. The summed E-state index contributed by atoms with van der Waals surface area (Å²) in [7, 11) is 3.10. The van der Waals surface area contributed by atoms with Gasteiger partial charge in [-0.05, 0) is 24.3 Å². The molecule has 0 fully saturated rings. The third-order valence-electron chi connectivity index (χ3n) is 4.51. The molecule has 0 aliphatic heterocycles. The number of hydrogen-bond acceptors (Lipinski definition) is 8. The maximum atomic E-state index is 12.6. The van der Waals surface area contributed by atoms with E-state index in [0.717, 1.165) is 35.6 Å². The lowest BCUT2D eigenvalue weighted by Crippen LogP contribution is -2.27. The highest BCUT2D eigenvalue weighted by Crippen LogP contribution is 2.25. The third kappa shape index (κ3) is 5.57. The largest absolute Gasteiger partial charge is 0.497 e. The van der Waals surface area contributed by atoms with Crippen molar-refractivity contribution < 1.29 is 14.3 Å². The van der Waals surface area contributed by atoms with Gasteiger partial charge in [-0.3, -0.25) is 4.79 Å². The summed E-state index contributed by atoms with van der Waals surface area (Å²) in [6.07, 6.45) is 2.76. The van der Waals surface area contributed by atoms with Crippen LogP contribution in [0.5, 0.6) is 11.5 Å². The van der Waals surface area contributed by atoms with Gasteiger partial charge in [0.25, 0.3) is 5.91 Å². The molecule has 0 spiro atoms. The monoisotopic (exact) mass is 444 g/mol. The smallest absolute Gasteiger partial charge is 0.251 e. The second kappa shape index (κ2) is 10.9. The van der Waals surface area contributed by atoms with Gasteiger partial charge in [0.15, 0.2) is 10.8 Å². The molecule has 166 valence electrons. The van der Waals surface area contributed by atoms with Crippen molar-refractivity contribution in [1.29, 1.82) is 0 Å². The summed E-state index contributed by atoms with van der Waals surface area (Å²) in [4.78, 5) is 21.9. The first kappa shape index (κ1) is 22.7. The number of nitrogens with zero attached hydrogens (tertiary/aromatic N) is 4. The number of hydrogen-bond donors (Lipinski definition) is 2. The van der Waals surface area contributed by atoms with Crippen LogP contribution in [0.1, 0.15) is 30.6 Å². The summed E-state index contributed by atoms with van der Waals surface area (Å²) < 4.78 is 12.3. The van der Waals surface area contributed by atoms with E-state index in [1.165, 1.54) is 0 Å². The number of nitrogens with one attached hydrogen (secondary N) is 2. The molecule has 0 saturated heterocycles. The Balaban J connectivity index is 1.73. The summed E-state index contributed by atoms with van der Waals surface area (Å²) in [6, 6.07) is 5.07. The molecule has 0 saturated carbocycles. The normalized spacial score (nSPS) is 10.8. The van der Waals surface area contributed by atoms with E-state index >= 15 is 0 Å². The van der Waals surface area contributed by atoms with Gasteiger partial charge < -0.3 is 20.1 Å². The zero-order chi connectivity index (χ0) is 22.2. The van der Waals surface area contributed by atoms with Crippen LogP contribution in [0.3, 0.4) is 0 Å². The zero-order valence-corrected chi connectivity index (χ0v) is 19.1. The van der Waals surface area contributed by atoms with Crippen LogP contribution < -0.4 is 20.1 Å². The van der Waals surface area contributed by atoms with E-state index in [-0.39, 0.29) is 5.91 Å². The van der Waals surface area contributed by atoms with Gasteiger partial charge in [0.2, 0.25) is 0 Å². The molecule has 0 aliphatic rings. The maximum absolute atomic E-state index is 12.6. The Morgan fingerprint density at radius 1 is 1.10 bits per heavy atom. The first-order chi connectivity index (χ1) is 15.1. The van der Waals surface area contributed by atoms with E-state index in [1.54, 1.807) is 55.1 Å². The molecule has 0 atom stereocenters. The quantitative estimate of drug-likeness (QED) is 0.343. The van der Waals surface area contributed by atoms with Crippen molar-refractivity contribution in [2.75, 3.05) is 38.4 Å². The molecule has 3 aromatic rings. The molecule has 0 unspecified atom stereocenters. The van der Waals surface area contributed by atoms with Crippen molar-refractivity contribution in [2.45, 2.75) is 32.0 Å². The number of methoxy groups -OCH3 is 2. The van der Waals surface area contributed by atoms with Gasteiger partial charge >= 0.3 is 0 Å². The van der Waals surface area contributed by atoms with Crippen LogP contribution >= 0.6 is 11.8 Å². The van der Waals surface area contributed by atoms with Gasteiger partial charge in [0, 0.05) is 24.7 Å². The van der Waals surface area contributed by atoms with Crippen LogP contribution in [-0.2, 0) is 6.54 Å². The summed E-state index contributed by atoms with van der Waals surface area (Å²) in [5, 5.41) is 12.3. The molecule has 3 rings (SSSR count). The topological polar surface area (TPSA) is 103 Å². The average molecular weight is 445 g/mol. The van der Waals surface area contributed by atoms with Crippen molar-refractivity contribution >= 4 is 34.5 Å². The number of rotatable bonds is 11. The molecule has 2 N–H and O–H groups in total. The van der Waals surface area contributed by atoms with Gasteiger partial charge in [-0.25, -0.2) is 14.6 Å². The molecular weight excluding hydrogens is 416 g/mol. The van der Waals surface area contributed by atoms with Crippen LogP contribution in [0.4, 0.5) is 5.82 Å². The molecular formula is C21H28N6O3S. The summed E-state index contributed by atoms with van der Waals surface area (Å²) in [6.45, 7) is 5.88. The maximum Gasteiger partial charge on any atom is 0.251 e. The van der Waals surface area contributed by atoms with Gasteiger partial charge in [-0.1, -0.05) is 25.6 Å². The molecule has 2 aromatic heterocycles. The Morgan fingerprint density at radius 3 is 2.48 bits per heavy atom. The van der Waals surface area contributed by atoms with Crippen molar-refractivity contribution in [3.8, 4) is 11.5 Å². The number of aromatic nitrogens is 4. The Bertz CT molecular complexity index is 1020. The van der Waals surface area contributed by atoms with Crippen molar-refractivity contribution in [3.05, 3.63) is 30.0 Å². The molecule has 9 nitrogen and oxygen atoms in total. The predicted molar refractivity (Wildman–Crippen MR) is 122 cm³/mol. The lowest BCUT2D eigenvalue weighted by atomic mass is 10.2. The number of anilines is 1. The highest BCUT2D eigenvalue weighted by atomic mass is 32.2. The van der Waals surface area contributed by atoms with E-state index in [9.17, 15) is 4.79 Å². The standard InChI is InChI=1S/C21H28N6O3S/c1-5-7-22-18-17-13-24-27(19(17)26-21(25-18)31-6-2)9-8-23-20(28)14-10-15(29-3)12-16(11-14)30-4/h10-13H,5-9H2,1-4H3,(H,23,28)(H,22,25,26). The minimum Gasteiger partial charge on any atom is -0.497 e.